The molecule has 0 aliphatic carbocycles. The zero-order valence-corrected chi connectivity index (χ0v) is 15.5. The van der Waals surface area contributed by atoms with E-state index in [0.29, 0.717) is 24.2 Å². The van der Waals surface area contributed by atoms with Crippen LogP contribution < -0.4 is 0 Å². The van der Waals surface area contributed by atoms with Crippen LogP contribution in [-0.2, 0) is 28.7 Å². The summed E-state index contributed by atoms with van der Waals surface area (Å²) in [6.07, 6.45) is 1.04. The standard InChI is InChI=1S/C19H21ClN2O2S/c20-18-7-3-4-15(10-18)14-25(23,24)22-12-19(13-22)21-9-8-16-5-1-2-6-17(16)11-21/h1-7,10,19H,8-9,11-14H2. The average molecular weight is 377 g/mol. The lowest BCUT2D eigenvalue weighted by Crippen LogP contribution is -2.61. The molecule has 2 heterocycles. The molecule has 4 nitrogen and oxygen atoms in total. The van der Waals surface area contributed by atoms with Crippen LogP contribution in [0.3, 0.4) is 0 Å². The molecule has 0 spiro atoms. The summed E-state index contributed by atoms with van der Waals surface area (Å²) in [6, 6.07) is 15.9. The molecular weight excluding hydrogens is 356 g/mol. The van der Waals surface area contributed by atoms with Gasteiger partial charge in [0.1, 0.15) is 0 Å². The van der Waals surface area contributed by atoms with E-state index in [-0.39, 0.29) is 5.75 Å². The topological polar surface area (TPSA) is 40.6 Å². The van der Waals surface area contributed by atoms with Gasteiger partial charge in [0.15, 0.2) is 0 Å². The molecule has 0 radical (unpaired) electrons. The first-order chi connectivity index (χ1) is 12.0. The summed E-state index contributed by atoms with van der Waals surface area (Å²) in [5.74, 6) is 0.0170. The van der Waals surface area contributed by atoms with Gasteiger partial charge in [-0.15, -0.1) is 0 Å². The zero-order valence-electron chi connectivity index (χ0n) is 13.9. The van der Waals surface area contributed by atoms with E-state index < -0.39 is 10.0 Å². The Kier molecular flexibility index (Phi) is 4.58. The minimum atomic E-state index is -3.28. The first kappa shape index (κ1) is 17.0. The number of halogens is 1. The molecule has 0 amide bonds. The van der Waals surface area contributed by atoms with E-state index >= 15 is 0 Å². The molecule has 6 heteroatoms. The van der Waals surface area contributed by atoms with E-state index in [9.17, 15) is 8.42 Å². The number of hydrogen-bond donors (Lipinski definition) is 0. The smallest absolute Gasteiger partial charge is 0.218 e. The minimum Gasteiger partial charge on any atom is -0.293 e. The summed E-state index contributed by atoms with van der Waals surface area (Å²) in [4.78, 5) is 2.41. The summed E-state index contributed by atoms with van der Waals surface area (Å²) in [5, 5.41) is 0.571. The van der Waals surface area contributed by atoms with Crippen molar-refractivity contribution in [1.82, 2.24) is 9.21 Å². The van der Waals surface area contributed by atoms with E-state index in [1.807, 2.05) is 6.07 Å². The Hall–Kier alpha value is -1.40. The molecule has 0 N–H and O–H groups in total. The number of fused-ring (bicyclic) bond motifs is 1. The molecule has 1 fully saturated rings. The molecule has 25 heavy (non-hydrogen) atoms. The molecule has 0 bridgehead atoms. The fraction of sp³-hybridized carbons (Fsp3) is 0.368. The van der Waals surface area contributed by atoms with Gasteiger partial charge in [0.25, 0.3) is 0 Å². The number of rotatable bonds is 4. The largest absolute Gasteiger partial charge is 0.293 e. The summed E-state index contributed by atoms with van der Waals surface area (Å²) in [6.45, 7) is 3.10. The second kappa shape index (κ2) is 6.72. The average Bonchev–Trinajstić information content (AvgIpc) is 2.52. The van der Waals surface area contributed by atoms with Crippen LogP contribution in [0.25, 0.3) is 0 Å². The van der Waals surface area contributed by atoms with E-state index in [4.69, 9.17) is 11.6 Å². The molecule has 1 saturated heterocycles. The van der Waals surface area contributed by atoms with Crippen LogP contribution in [0.15, 0.2) is 48.5 Å². The van der Waals surface area contributed by atoms with Crippen molar-refractivity contribution in [2.24, 2.45) is 0 Å². The Balaban J connectivity index is 1.37. The van der Waals surface area contributed by atoms with Crippen LogP contribution in [0.1, 0.15) is 16.7 Å². The van der Waals surface area contributed by atoms with Crippen molar-refractivity contribution in [2.45, 2.75) is 24.8 Å². The molecule has 2 aliphatic heterocycles. The third-order valence-corrected chi connectivity index (χ3v) is 7.15. The second-order valence-electron chi connectivity index (χ2n) is 6.85. The molecule has 2 aliphatic rings. The maximum absolute atomic E-state index is 12.6. The third kappa shape index (κ3) is 3.60. The van der Waals surface area contributed by atoms with E-state index in [1.165, 1.54) is 11.1 Å². The lowest BCUT2D eigenvalue weighted by atomic mass is 9.97. The van der Waals surface area contributed by atoms with Gasteiger partial charge in [0.2, 0.25) is 10.0 Å². The van der Waals surface area contributed by atoms with Gasteiger partial charge in [0, 0.05) is 37.2 Å². The predicted octanol–water partition coefficient (Wildman–Crippen LogP) is 2.91. The van der Waals surface area contributed by atoms with Crippen LogP contribution in [0.2, 0.25) is 5.02 Å². The molecule has 0 aromatic heterocycles. The van der Waals surface area contributed by atoms with Crippen molar-refractivity contribution in [3.8, 4) is 0 Å². The zero-order chi connectivity index (χ0) is 17.4. The van der Waals surface area contributed by atoms with Gasteiger partial charge in [-0.25, -0.2) is 8.42 Å². The number of sulfonamides is 1. The molecule has 0 unspecified atom stereocenters. The molecule has 2 aromatic carbocycles. The normalized spacial score (nSPS) is 19.4. The lowest BCUT2D eigenvalue weighted by Gasteiger charge is -2.46. The van der Waals surface area contributed by atoms with Crippen molar-refractivity contribution < 1.29 is 8.42 Å². The molecule has 132 valence electrons. The van der Waals surface area contributed by atoms with E-state index in [1.54, 1.807) is 22.5 Å². The van der Waals surface area contributed by atoms with Crippen molar-refractivity contribution >= 4 is 21.6 Å². The summed E-state index contributed by atoms with van der Waals surface area (Å²) in [7, 11) is -3.28. The fourth-order valence-corrected chi connectivity index (χ4v) is 5.43. The first-order valence-electron chi connectivity index (χ1n) is 8.54. The molecular formula is C19H21ClN2O2S. The Morgan fingerprint density at radius 3 is 2.56 bits per heavy atom. The van der Waals surface area contributed by atoms with Crippen LogP contribution >= 0.6 is 11.6 Å². The maximum atomic E-state index is 12.6. The van der Waals surface area contributed by atoms with Gasteiger partial charge in [-0.05, 0) is 35.2 Å². The van der Waals surface area contributed by atoms with Crippen molar-refractivity contribution in [2.75, 3.05) is 19.6 Å². The number of benzene rings is 2. The van der Waals surface area contributed by atoms with Crippen LogP contribution in [-0.4, -0.2) is 43.3 Å². The SMILES string of the molecule is O=S(=O)(Cc1cccc(Cl)c1)N1CC(N2CCc3ccccc3C2)C1. The lowest BCUT2D eigenvalue weighted by molar-refractivity contribution is 0.0768. The quantitative estimate of drug-likeness (QED) is 0.823. The molecule has 4 rings (SSSR count). The van der Waals surface area contributed by atoms with Gasteiger partial charge < -0.3 is 0 Å². The van der Waals surface area contributed by atoms with Crippen molar-refractivity contribution in [1.29, 1.82) is 0 Å². The van der Waals surface area contributed by atoms with Crippen molar-refractivity contribution in [3.63, 3.8) is 0 Å². The van der Waals surface area contributed by atoms with E-state index in [2.05, 4.69) is 29.2 Å². The van der Waals surface area contributed by atoms with Gasteiger partial charge in [0.05, 0.1) is 5.75 Å². The Labute approximate surface area is 154 Å². The predicted molar refractivity (Wildman–Crippen MR) is 100.0 cm³/mol. The van der Waals surface area contributed by atoms with Crippen LogP contribution in [0.5, 0.6) is 0 Å². The Bertz CT molecular complexity index is 878. The first-order valence-corrected chi connectivity index (χ1v) is 10.5. The monoisotopic (exact) mass is 376 g/mol. The Morgan fingerprint density at radius 2 is 1.80 bits per heavy atom. The fourth-order valence-electron chi connectivity index (χ4n) is 3.63. The van der Waals surface area contributed by atoms with Gasteiger partial charge >= 0.3 is 0 Å². The highest BCUT2D eigenvalue weighted by molar-refractivity contribution is 7.88. The summed E-state index contributed by atoms with van der Waals surface area (Å²) < 4.78 is 26.8. The van der Waals surface area contributed by atoms with Crippen LogP contribution in [0.4, 0.5) is 0 Å². The van der Waals surface area contributed by atoms with Crippen molar-refractivity contribution in [3.05, 3.63) is 70.2 Å². The van der Waals surface area contributed by atoms with Gasteiger partial charge in [-0.1, -0.05) is 48.0 Å². The van der Waals surface area contributed by atoms with Gasteiger partial charge in [-0.3, -0.25) is 4.90 Å². The molecule has 0 saturated carbocycles. The summed E-state index contributed by atoms with van der Waals surface area (Å²) in [5.41, 5.74) is 3.53. The van der Waals surface area contributed by atoms with Gasteiger partial charge in [-0.2, -0.15) is 4.31 Å². The highest BCUT2D eigenvalue weighted by atomic mass is 35.5. The minimum absolute atomic E-state index is 0.0170. The highest BCUT2D eigenvalue weighted by Gasteiger charge is 2.39. The molecule has 0 atom stereocenters. The molecule has 2 aromatic rings. The second-order valence-corrected chi connectivity index (χ2v) is 9.25. The number of nitrogens with zero attached hydrogens (tertiary/aromatic N) is 2. The number of hydrogen-bond acceptors (Lipinski definition) is 3. The van der Waals surface area contributed by atoms with Crippen LogP contribution in [0, 0.1) is 0 Å². The highest BCUT2D eigenvalue weighted by Crippen LogP contribution is 2.27. The Morgan fingerprint density at radius 1 is 1.04 bits per heavy atom. The summed E-state index contributed by atoms with van der Waals surface area (Å²) >= 11 is 5.95. The maximum Gasteiger partial charge on any atom is 0.218 e. The van der Waals surface area contributed by atoms with E-state index in [0.717, 1.165) is 25.1 Å². The third-order valence-electron chi connectivity index (χ3n) is 5.14.